The summed E-state index contributed by atoms with van der Waals surface area (Å²) < 4.78 is 15.2. The Balaban J connectivity index is 1.50. The summed E-state index contributed by atoms with van der Waals surface area (Å²) in [5.41, 5.74) is 12.6. The number of aromatic nitrogens is 1. The maximum atomic E-state index is 14.0. The van der Waals surface area contributed by atoms with Crippen LogP contribution in [0.3, 0.4) is 0 Å². The predicted molar refractivity (Wildman–Crippen MR) is 122 cm³/mol. The Morgan fingerprint density at radius 3 is 2.70 bits per heavy atom. The molecule has 2 atom stereocenters. The average molecular weight is 473 g/mol. The van der Waals surface area contributed by atoms with Crippen LogP contribution in [0.2, 0.25) is 5.02 Å². The third-order valence-corrected chi connectivity index (χ3v) is 5.78. The van der Waals surface area contributed by atoms with Crippen LogP contribution < -0.4 is 22.1 Å². The summed E-state index contributed by atoms with van der Waals surface area (Å²) in [7, 11) is 0. The van der Waals surface area contributed by atoms with Crippen LogP contribution in [0.5, 0.6) is 0 Å². The topological polar surface area (TPSA) is 135 Å². The minimum Gasteiger partial charge on any atom is -0.351 e. The highest BCUT2D eigenvalue weighted by Gasteiger charge is 2.38. The number of para-hydroxylation sites is 1. The summed E-state index contributed by atoms with van der Waals surface area (Å²) >= 11 is 5.90. The van der Waals surface area contributed by atoms with Gasteiger partial charge in [-0.3, -0.25) is 9.36 Å². The number of carbonyl (C=O) groups excluding carboxylic acids is 3. The van der Waals surface area contributed by atoms with Gasteiger partial charge < -0.3 is 27.0 Å². The number of carbonyl (C=O) groups is 3. The lowest BCUT2D eigenvalue weighted by molar-refractivity contribution is -0.124. The van der Waals surface area contributed by atoms with E-state index in [-0.39, 0.29) is 25.1 Å². The molecule has 1 aliphatic rings. The van der Waals surface area contributed by atoms with E-state index in [1.807, 2.05) is 0 Å². The molecule has 2 aromatic carbocycles. The largest absolute Gasteiger partial charge is 0.351 e. The van der Waals surface area contributed by atoms with E-state index in [2.05, 4.69) is 10.6 Å². The van der Waals surface area contributed by atoms with Gasteiger partial charge in [-0.05, 0) is 30.7 Å². The smallest absolute Gasteiger partial charge is 0.323 e. The summed E-state index contributed by atoms with van der Waals surface area (Å²) in [6, 6.07) is 8.53. The van der Waals surface area contributed by atoms with E-state index in [0.717, 1.165) is 0 Å². The van der Waals surface area contributed by atoms with Crippen molar-refractivity contribution in [3.8, 4) is 0 Å². The highest BCUT2D eigenvalue weighted by molar-refractivity contribution is 6.30. The average Bonchev–Trinajstić information content (AvgIpc) is 3.35. The van der Waals surface area contributed by atoms with Gasteiger partial charge >= 0.3 is 12.1 Å². The van der Waals surface area contributed by atoms with Crippen LogP contribution in [0.25, 0.3) is 10.9 Å². The molecule has 0 bridgehead atoms. The molecule has 2 heterocycles. The molecule has 0 unspecified atom stereocenters. The molecule has 3 aromatic rings. The van der Waals surface area contributed by atoms with Crippen molar-refractivity contribution >= 4 is 46.2 Å². The SMILES string of the molecule is NC(=O)n1cc(NC(=O)N2C[C@@H](N)C[C@H]2C(=O)NCc2cc(Cl)ccc2F)c2ccccc21. The minimum absolute atomic E-state index is 0.0848. The van der Waals surface area contributed by atoms with Crippen LogP contribution in [0, 0.1) is 5.82 Å². The highest BCUT2D eigenvalue weighted by Crippen LogP contribution is 2.27. The van der Waals surface area contributed by atoms with E-state index in [4.69, 9.17) is 23.1 Å². The molecule has 0 saturated carbocycles. The lowest BCUT2D eigenvalue weighted by atomic mass is 10.1. The fourth-order valence-corrected chi connectivity index (χ4v) is 4.16. The van der Waals surface area contributed by atoms with Gasteiger partial charge in [-0.2, -0.15) is 0 Å². The van der Waals surface area contributed by atoms with Gasteiger partial charge in [0.05, 0.1) is 11.2 Å². The maximum Gasteiger partial charge on any atom is 0.323 e. The fraction of sp³-hybridized carbons (Fsp3) is 0.227. The van der Waals surface area contributed by atoms with E-state index < -0.39 is 35.9 Å². The molecule has 4 rings (SSSR count). The Bertz CT molecular complexity index is 1250. The molecule has 1 aromatic heterocycles. The number of nitrogens with one attached hydrogen (secondary N) is 2. The second-order valence-corrected chi connectivity index (χ2v) is 8.25. The van der Waals surface area contributed by atoms with Crippen LogP contribution in [0.1, 0.15) is 12.0 Å². The molecule has 1 fully saturated rings. The molecule has 0 radical (unpaired) electrons. The molecule has 0 aliphatic carbocycles. The molecule has 33 heavy (non-hydrogen) atoms. The second kappa shape index (κ2) is 9.08. The number of hydrogen-bond donors (Lipinski definition) is 4. The molecule has 0 spiro atoms. The van der Waals surface area contributed by atoms with Crippen molar-refractivity contribution in [3.63, 3.8) is 0 Å². The number of fused-ring (bicyclic) bond motifs is 1. The van der Waals surface area contributed by atoms with Gasteiger partial charge in [-0.15, -0.1) is 0 Å². The molecule has 6 N–H and O–H groups in total. The van der Waals surface area contributed by atoms with E-state index in [1.54, 1.807) is 24.3 Å². The summed E-state index contributed by atoms with van der Waals surface area (Å²) in [5.74, 6) is -0.958. The summed E-state index contributed by atoms with van der Waals surface area (Å²) in [4.78, 5) is 38.9. The van der Waals surface area contributed by atoms with Gasteiger partial charge in [-0.1, -0.05) is 29.8 Å². The minimum atomic E-state index is -0.841. The summed E-state index contributed by atoms with van der Waals surface area (Å²) in [6.45, 7) is 0.0719. The zero-order chi connectivity index (χ0) is 23.7. The van der Waals surface area contributed by atoms with Gasteiger partial charge in [0.2, 0.25) is 5.91 Å². The number of benzene rings is 2. The van der Waals surface area contributed by atoms with Gasteiger partial charge in [0.15, 0.2) is 0 Å². The van der Waals surface area contributed by atoms with Crippen molar-refractivity contribution in [2.75, 3.05) is 11.9 Å². The zero-order valence-electron chi connectivity index (χ0n) is 17.4. The third kappa shape index (κ3) is 4.62. The van der Waals surface area contributed by atoms with Crippen molar-refractivity contribution in [1.29, 1.82) is 0 Å². The van der Waals surface area contributed by atoms with Gasteiger partial charge in [0.25, 0.3) is 0 Å². The molecular formula is C22H22ClFN6O3. The Hall–Kier alpha value is -3.63. The molecule has 11 heteroatoms. The standard InChI is InChI=1S/C22H22ClFN6O3/c23-13-5-6-16(24)12(7-13)9-27-20(31)19-8-14(25)10-30(19)22(33)28-17-11-29(21(26)32)18-4-2-1-3-15(17)18/h1-7,11,14,19H,8-10,25H2,(H2,26,32)(H,27,31)(H,28,33)/t14-,19-/m0/s1. The third-order valence-electron chi connectivity index (χ3n) is 5.55. The maximum absolute atomic E-state index is 14.0. The van der Waals surface area contributed by atoms with Crippen LogP contribution in [-0.2, 0) is 11.3 Å². The Morgan fingerprint density at radius 2 is 1.94 bits per heavy atom. The van der Waals surface area contributed by atoms with Crippen LogP contribution in [0.15, 0.2) is 48.7 Å². The van der Waals surface area contributed by atoms with Crippen LogP contribution >= 0.6 is 11.6 Å². The highest BCUT2D eigenvalue weighted by atomic mass is 35.5. The van der Waals surface area contributed by atoms with Crippen LogP contribution in [0.4, 0.5) is 19.7 Å². The van der Waals surface area contributed by atoms with Gasteiger partial charge in [0, 0.05) is 41.3 Å². The summed E-state index contributed by atoms with van der Waals surface area (Å²) in [5, 5.41) is 6.35. The van der Waals surface area contributed by atoms with E-state index in [0.29, 0.717) is 21.6 Å². The first-order valence-corrected chi connectivity index (χ1v) is 10.6. The zero-order valence-corrected chi connectivity index (χ0v) is 18.2. The number of rotatable bonds is 4. The van der Waals surface area contributed by atoms with E-state index in [9.17, 15) is 18.8 Å². The number of hydrogen-bond acceptors (Lipinski definition) is 4. The van der Waals surface area contributed by atoms with Gasteiger partial charge in [0.1, 0.15) is 11.9 Å². The Labute approximate surface area is 193 Å². The van der Waals surface area contributed by atoms with Crippen LogP contribution in [-0.4, -0.2) is 46.1 Å². The molecule has 1 saturated heterocycles. The normalized spacial score (nSPS) is 17.8. The van der Waals surface area contributed by atoms with E-state index >= 15 is 0 Å². The van der Waals surface area contributed by atoms with E-state index in [1.165, 1.54) is 33.9 Å². The number of nitrogens with zero attached hydrogens (tertiary/aromatic N) is 2. The number of nitrogens with two attached hydrogens (primary N) is 2. The fourth-order valence-electron chi connectivity index (χ4n) is 3.97. The number of likely N-dealkylation sites (tertiary alicyclic amines) is 1. The quantitative estimate of drug-likeness (QED) is 0.464. The number of amides is 4. The molecule has 1 aliphatic heterocycles. The van der Waals surface area contributed by atoms with Gasteiger partial charge in [-0.25, -0.2) is 14.0 Å². The first-order valence-electron chi connectivity index (χ1n) is 10.2. The van der Waals surface area contributed by atoms with Crippen molar-refractivity contribution in [3.05, 3.63) is 65.1 Å². The number of halogens is 2. The summed E-state index contributed by atoms with van der Waals surface area (Å²) in [6.07, 6.45) is 1.68. The molecule has 4 amide bonds. The first-order chi connectivity index (χ1) is 15.7. The molecule has 9 nitrogen and oxygen atoms in total. The predicted octanol–water partition coefficient (Wildman–Crippen LogP) is 2.61. The molecule has 172 valence electrons. The first kappa shape index (κ1) is 22.6. The number of anilines is 1. The lowest BCUT2D eigenvalue weighted by Crippen LogP contribution is -2.47. The monoisotopic (exact) mass is 472 g/mol. The van der Waals surface area contributed by atoms with Crippen molar-refractivity contribution < 1.29 is 18.8 Å². The Kier molecular flexibility index (Phi) is 6.21. The Morgan fingerprint density at radius 1 is 1.18 bits per heavy atom. The number of urea groups is 1. The molecular weight excluding hydrogens is 451 g/mol. The number of primary amides is 1. The lowest BCUT2D eigenvalue weighted by Gasteiger charge is -2.24. The van der Waals surface area contributed by atoms with Crippen molar-refractivity contribution in [2.24, 2.45) is 11.5 Å². The van der Waals surface area contributed by atoms with Crippen molar-refractivity contribution in [1.82, 2.24) is 14.8 Å². The second-order valence-electron chi connectivity index (χ2n) is 7.82. The van der Waals surface area contributed by atoms with Crippen molar-refractivity contribution in [2.45, 2.75) is 25.0 Å².